The Morgan fingerprint density at radius 3 is 2.71 bits per heavy atom. The Balaban J connectivity index is 1.44. The molecule has 3 heterocycles. The van der Waals surface area contributed by atoms with Crippen LogP contribution in [0.15, 0.2) is 18.5 Å². The van der Waals surface area contributed by atoms with Gasteiger partial charge in [-0.25, -0.2) is 9.97 Å². The molecule has 0 spiro atoms. The van der Waals surface area contributed by atoms with Crippen molar-refractivity contribution in [1.82, 2.24) is 24.6 Å². The second kappa shape index (κ2) is 6.16. The normalized spacial score (nSPS) is 22.1. The number of nitrogens with zero attached hydrogens (tertiary/aromatic N) is 6. The molecule has 1 saturated carbocycles. The monoisotopic (exact) mass is 326 g/mol. The maximum absolute atomic E-state index is 4.85. The quantitative estimate of drug-likeness (QED) is 0.861. The summed E-state index contributed by atoms with van der Waals surface area (Å²) in [6.07, 6.45) is 6.57. The lowest BCUT2D eigenvalue weighted by atomic mass is 10.1. The molecule has 6 nitrogen and oxygen atoms in total. The van der Waals surface area contributed by atoms with Gasteiger partial charge in [-0.2, -0.15) is 5.10 Å². The van der Waals surface area contributed by atoms with E-state index in [9.17, 15) is 0 Å². The summed E-state index contributed by atoms with van der Waals surface area (Å²) >= 11 is 0. The summed E-state index contributed by atoms with van der Waals surface area (Å²) in [5.41, 5.74) is 2.37. The molecule has 0 radical (unpaired) electrons. The zero-order valence-electron chi connectivity index (χ0n) is 14.8. The van der Waals surface area contributed by atoms with Crippen LogP contribution in [-0.4, -0.2) is 50.3 Å². The smallest absolute Gasteiger partial charge is 0.134 e. The van der Waals surface area contributed by atoms with Crippen molar-refractivity contribution in [3.63, 3.8) is 0 Å². The molecule has 4 rings (SSSR count). The minimum atomic E-state index is 0.499. The van der Waals surface area contributed by atoms with E-state index < -0.39 is 0 Å². The Hall–Kier alpha value is -1.95. The summed E-state index contributed by atoms with van der Waals surface area (Å²) in [6, 6.07) is 2.63. The van der Waals surface area contributed by atoms with Crippen LogP contribution in [0, 0.1) is 6.92 Å². The predicted octanol–water partition coefficient (Wildman–Crippen LogP) is 2.11. The fraction of sp³-hybridized carbons (Fsp3) is 0.611. The van der Waals surface area contributed by atoms with Gasteiger partial charge in [-0.3, -0.25) is 9.58 Å². The largest absolute Gasteiger partial charge is 0.354 e. The van der Waals surface area contributed by atoms with E-state index in [-0.39, 0.29) is 0 Å². The third-order valence-corrected chi connectivity index (χ3v) is 5.03. The van der Waals surface area contributed by atoms with E-state index in [1.165, 1.54) is 18.4 Å². The van der Waals surface area contributed by atoms with Gasteiger partial charge in [-0.05, 0) is 26.7 Å². The first-order valence-corrected chi connectivity index (χ1v) is 8.90. The van der Waals surface area contributed by atoms with Gasteiger partial charge in [0.2, 0.25) is 0 Å². The molecule has 1 unspecified atom stereocenters. The summed E-state index contributed by atoms with van der Waals surface area (Å²) in [6.45, 7) is 8.44. The lowest BCUT2D eigenvalue weighted by Crippen LogP contribution is -2.51. The molecule has 2 aromatic rings. The Morgan fingerprint density at radius 2 is 2.04 bits per heavy atom. The van der Waals surface area contributed by atoms with Crippen LogP contribution in [0.25, 0.3) is 0 Å². The summed E-state index contributed by atoms with van der Waals surface area (Å²) in [4.78, 5) is 14.4. The van der Waals surface area contributed by atoms with Gasteiger partial charge in [0.25, 0.3) is 0 Å². The van der Waals surface area contributed by atoms with Crippen molar-refractivity contribution in [2.75, 3.05) is 24.5 Å². The third-order valence-electron chi connectivity index (χ3n) is 5.03. The van der Waals surface area contributed by atoms with Crippen LogP contribution in [0.2, 0.25) is 0 Å². The van der Waals surface area contributed by atoms with Crippen LogP contribution in [0.3, 0.4) is 0 Å². The summed E-state index contributed by atoms with van der Waals surface area (Å²) < 4.78 is 1.87. The Labute approximate surface area is 143 Å². The predicted molar refractivity (Wildman–Crippen MR) is 94.0 cm³/mol. The van der Waals surface area contributed by atoms with Crippen molar-refractivity contribution in [3.8, 4) is 0 Å². The summed E-state index contributed by atoms with van der Waals surface area (Å²) in [7, 11) is 1.97. The van der Waals surface area contributed by atoms with Crippen LogP contribution in [0.5, 0.6) is 0 Å². The van der Waals surface area contributed by atoms with Crippen molar-refractivity contribution in [2.45, 2.75) is 45.2 Å². The maximum atomic E-state index is 4.85. The van der Waals surface area contributed by atoms with Gasteiger partial charge in [0, 0.05) is 68.7 Å². The maximum Gasteiger partial charge on any atom is 0.134 e. The van der Waals surface area contributed by atoms with Crippen molar-refractivity contribution >= 4 is 5.82 Å². The van der Waals surface area contributed by atoms with Crippen molar-refractivity contribution < 1.29 is 0 Å². The van der Waals surface area contributed by atoms with Gasteiger partial charge in [0.05, 0.1) is 6.20 Å². The van der Waals surface area contributed by atoms with Gasteiger partial charge in [-0.1, -0.05) is 0 Å². The van der Waals surface area contributed by atoms with E-state index in [0.29, 0.717) is 12.0 Å². The minimum Gasteiger partial charge on any atom is -0.354 e. The average molecular weight is 326 g/mol. The number of anilines is 1. The van der Waals surface area contributed by atoms with Gasteiger partial charge < -0.3 is 4.90 Å². The highest BCUT2D eigenvalue weighted by molar-refractivity contribution is 5.41. The van der Waals surface area contributed by atoms with E-state index in [1.807, 2.05) is 17.9 Å². The van der Waals surface area contributed by atoms with Crippen molar-refractivity contribution in [2.24, 2.45) is 7.05 Å². The molecule has 24 heavy (non-hydrogen) atoms. The molecule has 6 heteroatoms. The van der Waals surface area contributed by atoms with E-state index in [0.717, 1.165) is 43.5 Å². The average Bonchev–Trinajstić information content (AvgIpc) is 3.32. The first kappa shape index (κ1) is 15.6. The molecule has 2 fully saturated rings. The number of hydrogen-bond acceptors (Lipinski definition) is 5. The number of rotatable bonds is 4. The lowest BCUT2D eigenvalue weighted by Gasteiger charge is -2.40. The molecule has 0 amide bonds. The highest BCUT2D eigenvalue weighted by atomic mass is 15.3. The summed E-state index contributed by atoms with van der Waals surface area (Å²) in [5.74, 6) is 2.76. The third kappa shape index (κ3) is 3.29. The molecule has 1 saturated heterocycles. The Kier molecular flexibility index (Phi) is 4.00. The number of hydrogen-bond donors (Lipinski definition) is 0. The fourth-order valence-corrected chi connectivity index (χ4v) is 3.49. The van der Waals surface area contributed by atoms with Crippen molar-refractivity contribution in [1.29, 1.82) is 0 Å². The lowest BCUT2D eigenvalue weighted by molar-refractivity contribution is 0.180. The number of piperazine rings is 1. The van der Waals surface area contributed by atoms with Gasteiger partial charge in [0.1, 0.15) is 11.6 Å². The Bertz CT molecular complexity index is 720. The molecule has 0 N–H and O–H groups in total. The summed E-state index contributed by atoms with van der Waals surface area (Å²) in [5, 5.41) is 4.27. The standard InChI is InChI=1S/C18H26N6/c1-13-8-17(21-18(20-13)16-4-5-16)24-7-6-23(14(2)10-24)12-15-9-19-22(3)11-15/h8-9,11,14,16H,4-7,10,12H2,1-3H3. The second-order valence-electron chi connectivity index (χ2n) is 7.29. The molecule has 1 aliphatic heterocycles. The Morgan fingerprint density at radius 1 is 1.21 bits per heavy atom. The first-order chi connectivity index (χ1) is 11.6. The molecule has 128 valence electrons. The first-order valence-electron chi connectivity index (χ1n) is 8.90. The zero-order chi connectivity index (χ0) is 16.7. The van der Waals surface area contributed by atoms with Crippen LogP contribution in [0.4, 0.5) is 5.82 Å². The molecular formula is C18H26N6. The van der Waals surface area contributed by atoms with Crippen LogP contribution < -0.4 is 4.90 Å². The van der Waals surface area contributed by atoms with Crippen LogP contribution in [0.1, 0.15) is 42.8 Å². The van der Waals surface area contributed by atoms with Gasteiger partial charge in [-0.15, -0.1) is 0 Å². The molecule has 0 bridgehead atoms. The zero-order valence-corrected chi connectivity index (χ0v) is 14.8. The van der Waals surface area contributed by atoms with Crippen LogP contribution in [-0.2, 0) is 13.6 Å². The van der Waals surface area contributed by atoms with Gasteiger partial charge in [0.15, 0.2) is 0 Å². The second-order valence-corrected chi connectivity index (χ2v) is 7.29. The number of aryl methyl sites for hydroxylation is 2. The molecule has 2 aromatic heterocycles. The highest BCUT2D eigenvalue weighted by Gasteiger charge is 2.29. The topological polar surface area (TPSA) is 50.1 Å². The van der Waals surface area contributed by atoms with Crippen molar-refractivity contribution in [3.05, 3.63) is 35.5 Å². The minimum absolute atomic E-state index is 0.499. The van der Waals surface area contributed by atoms with Gasteiger partial charge >= 0.3 is 0 Å². The molecule has 2 aliphatic rings. The molecule has 1 atom stereocenters. The van der Waals surface area contributed by atoms with Crippen LogP contribution >= 0.6 is 0 Å². The fourth-order valence-electron chi connectivity index (χ4n) is 3.49. The van der Waals surface area contributed by atoms with E-state index in [2.05, 4.69) is 46.0 Å². The molecule has 0 aromatic carbocycles. The van der Waals surface area contributed by atoms with E-state index >= 15 is 0 Å². The highest BCUT2D eigenvalue weighted by Crippen LogP contribution is 2.38. The molecular weight excluding hydrogens is 300 g/mol. The van der Waals surface area contributed by atoms with E-state index in [1.54, 1.807) is 0 Å². The van der Waals surface area contributed by atoms with E-state index in [4.69, 9.17) is 4.98 Å². The molecule has 1 aliphatic carbocycles. The SMILES string of the molecule is Cc1cc(N2CCN(Cc3cnn(C)c3)C(C)C2)nc(C2CC2)n1. The number of aromatic nitrogens is 4.